The number of allylic oxidation sites excluding steroid dienone is 3. The van der Waals surface area contributed by atoms with Crippen LogP contribution < -0.4 is 5.63 Å². The molecule has 0 aliphatic carbocycles. The van der Waals surface area contributed by atoms with Crippen LogP contribution in [0.15, 0.2) is 64.4 Å². The molecule has 0 fully saturated rings. The molecule has 1 heterocycles. The number of aryl methyl sites for hydroxylation is 4. The Kier molecular flexibility index (Phi) is 9.95. The molecule has 0 unspecified atom stereocenters. The van der Waals surface area contributed by atoms with Crippen molar-refractivity contribution < 1.29 is 17.6 Å². The van der Waals surface area contributed by atoms with E-state index in [1.54, 1.807) is 30.3 Å². The van der Waals surface area contributed by atoms with Gasteiger partial charge in [0, 0.05) is 6.42 Å². The van der Waals surface area contributed by atoms with Crippen molar-refractivity contribution in [2.24, 2.45) is 0 Å². The lowest BCUT2D eigenvalue weighted by Gasteiger charge is -2.10. The number of hydrogen-bond acceptors (Lipinski definition) is 2. The monoisotopic (exact) mass is 482 g/mol. The van der Waals surface area contributed by atoms with E-state index in [1.165, 1.54) is 0 Å². The minimum absolute atomic E-state index is 0.0927. The van der Waals surface area contributed by atoms with Crippen LogP contribution in [0.3, 0.4) is 0 Å². The lowest BCUT2D eigenvalue weighted by atomic mass is 9.98. The fraction of sp³-hybridized carbons (Fsp3) is 0.367. The van der Waals surface area contributed by atoms with E-state index < -0.39 is 23.1 Å². The van der Waals surface area contributed by atoms with Crippen molar-refractivity contribution in [3.63, 3.8) is 0 Å². The summed E-state index contributed by atoms with van der Waals surface area (Å²) in [7, 11) is 0. The van der Waals surface area contributed by atoms with Crippen LogP contribution in [-0.2, 0) is 25.7 Å². The fourth-order valence-corrected chi connectivity index (χ4v) is 4.17. The zero-order chi connectivity index (χ0) is 25.2. The molecular formula is C30H33F3O2. The first-order chi connectivity index (χ1) is 17.0. The molecule has 3 aromatic rings. The summed E-state index contributed by atoms with van der Waals surface area (Å²) in [4.78, 5) is 12.5. The summed E-state index contributed by atoms with van der Waals surface area (Å²) < 4.78 is 49.7. The van der Waals surface area contributed by atoms with Crippen molar-refractivity contribution >= 4 is 10.8 Å². The number of benzene rings is 2. The van der Waals surface area contributed by atoms with Crippen molar-refractivity contribution in [3.8, 4) is 0 Å². The van der Waals surface area contributed by atoms with Crippen molar-refractivity contribution in [3.05, 3.63) is 105 Å². The largest absolute Gasteiger partial charge is 0.427 e. The fourth-order valence-electron chi connectivity index (χ4n) is 4.17. The minimum atomic E-state index is -0.893. The Morgan fingerprint density at radius 3 is 2.11 bits per heavy atom. The molecule has 186 valence electrons. The summed E-state index contributed by atoms with van der Waals surface area (Å²) in [6, 6.07) is 8.16. The Bertz CT molecular complexity index is 1240. The zero-order valence-corrected chi connectivity index (χ0v) is 20.3. The maximum Gasteiger partial charge on any atom is 0.346 e. The van der Waals surface area contributed by atoms with Crippen LogP contribution in [0.25, 0.3) is 10.8 Å². The molecule has 2 nitrogen and oxygen atoms in total. The Hall–Kier alpha value is -3.08. The molecule has 2 aromatic carbocycles. The molecule has 0 aliphatic heterocycles. The van der Waals surface area contributed by atoms with Gasteiger partial charge in [0.2, 0.25) is 0 Å². The molecule has 0 amide bonds. The third-order valence-electron chi connectivity index (χ3n) is 6.22. The molecule has 0 bridgehead atoms. The Labute approximate surface area is 205 Å². The molecule has 5 heteroatoms. The van der Waals surface area contributed by atoms with Crippen LogP contribution in [0.1, 0.15) is 67.9 Å². The van der Waals surface area contributed by atoms with Gasteiger partial charge in [-0.1, -0.05) is 62.3 Å². The molecule has 0 aliphatic rings. The Balaban J connectivity index is 1.70. The second-order valence-electron chi connectivity index (χ2n) is 8.85. The maximum absolute atomic E-state index is 15.1. The molecule has 0 saturated carbocycles. The summed E-state index contributed by atoms with van der Waals surface area (Å²) in [6.45, 7) is 5.75. The van der Waals surface area contributed by atoms with Gasteiger partial charge in [-0.2, -0.15) is 0 Å². The number of rotatable bonds is 13. The smallest absolute Gasteiger partial charge is 0.346 e. The summed E-state index contributed by atoms with van der Waals surface area (Å²) in [6.07, 6.45) is 12.5. The van der Waals surface area contributed by atoms with E-state index >= 15 is 4.39 Å². The third kappa shape index (κ3) is 6.97. The first-order valence-electron chi connectivity index (χ1n) is 12.4. The highest BCUT2D eigenvalue weighted by Crippen LogP contribution is 2.24. The molecule has 1 aromatic heterocycles. The van der Waals surface area contributed by atoms with Gasteiger partial charge in [0.15, 0.2) is 11.6 Å². The van der Waals surface area contributed by atoms with Crippen LogP contribution >= 0.6 is 0 Å². The van der Waals surface area contributed by atoms with Crippen LogP contribution in [0.5, 0.6) is 0 Å². The van der Waals surface area contributed by atoms with Gasteiger partial charge < -0.3 is 4.42 Å². The van der Waals surface area contributed by atoms with Gasteiger partial charge in [-0.3, -0.25) is 0 Å². The van der Waals surface area contributed by atoms with Crippen molar-refractivity contribution in [2.75, 3.05) is 0 Å². The highest BCUT2D eigenvalue weighted by Gasteiger charge is 2.16. The first-order valence-corrected chi connectivity index (χ1v) is 12.4. The number of halogens is 3. The number of hydrogen-bond donors (Lipinski definition) is 0. The zero-order valence-electron chi connectivity index (χ0n) is 20.3. The highest BCUT2D eigenvalue weighted by atomic mass is 19.2. The Morgan fingerprint density at radius 1 is 0.800 bits per heavy atom. The van der Waals surface area contributed by atoms with Gasteiger partial charge in [0.25, 0.3) is 0 Å². The van der Waals surface area contributed by atoms with Gasteiger partial charge in [-0.25, -0.2) is 18.0 Å². The van der Waals surface area contributed by atoms with Gasteiger partial charge in [0.1, 0.15) is 17.0 Å². The summed E-state index contributed by atoms with van der Waals surface area (Å²) in [5, 5.41) is 0.402. The molecule has 0 radical (unpaired) electrons. The van der Waals surface area contributed by atoms with Gasteiger partial charge in [-0.15, -0.1) is 6.58 Å². The predicted molar refractivity (Wildman–Crippen MR) is 136 cm³/mol. The van der Waals surface area contributed by atoms with E-state index in [0.29, 0.717) is 36.0 Å². The van der Waals surface area contributed by atoms with Crippen LogP contribution in [-0.4, -0.2) is 0 Å². The third-order valence-corrected chi connectivity index (χ3v) is 6.22. The molecule has 3 rings (SSSR count). The topological polar surface area (TPSA) is 30.2 Å². The van der Waals surface area contributed by atoms with Crippen LogP contribution in [0, 0.1) is 17.5 Å². The molecule has 0 atom stereocenters. The second-order valence-corrected chi connectivity index (χ2v) is 8.85. The van der Waals surface area contributed by atoms with Gasteiger partial charge in [-0.05, 0) is 73.1 Å². The summed E-state index contributed by atoms with van der Waals surface area (Å²) in [5.41, 5.74) is 0.0833. The normalized spacial score (nSPS) is 11.5. The second kappa shape index (κ2) is 13.1. The van der Waals surface area contributed by atoms with E-state index in [2.05, 4.69) is 13.5 Å². The Morgan fingerprint density at radius 2 is 1.43 bits per heavy atom. The average molecular weight is 483 g/mol. The minimum Gasteiger partial charge on any atom is -0.427 e. The number of unbranched alkanes of at least 4 members (excludes halogenated alkanes) is 3. The SMILES string of the molecule is C=CCC/C=C/CCc1ccc(CCc2ccc3cc(CCCCC)oc(=O)c3c2F)c(F)c1F. The van der Waals surface area contributed by atoms with E-state index in [9.17, 15) is 13.6 Å². The molecule has 0 spiro atoms. The lowest BCUT2D eigenvalue weighted by molar-refractivity contribution is 0.455. The standard InChI is InChI=1S/C30H33F3O2/c1-3-5-7-8-9-11-12-21-14-16-23(29(33)28(21)32)17-15-22-18-19-24-20-25(13-10-6-4-2)35-30(34)26(24)27(22)31/h3,8-9,14,16,18-20H,1,4-7,10-13,15,17H2,2H3/b9-8+. The van der Waals surface area contributed by atoms with Crippen molar-refractivity contribution in [2.45, 2.75) is 71.1 Å². The quantitative estimate of drug-likeness (QED) is 0.182. The predicted octanol–water partition coefficient (Wildman–Crippen LogP) is 8.18. The number of fused-ring (bicyclic) bond motifs is 1. The molecule has 0 saturated heterocycles. The lowest BCUT2D eigenvalue weighted by Crippen LogP contribution is -2.07. The summed E-state index contributed by atoms with van der Waals surface area (Å²) in [5.74, 6) is -1.85. The highest BCUT2D eigenvalue weighted by molar-refractivity contribution is 5.82. The molecule has 35 heavy (non-hydrogen) atoms. The van der Waals surface area contributed by atoms with Crippen LogP contribution in [0.2, 0.25) is 0 Å². The van der Waals surface area contributed by atoms with Crippen molar-refractivity contribution in [1.29, 1.82) is 0 Å². The molecular weight excluding hydrogens is 449 g/mol. The first kappa shape index (κ1) is 26.5. The van der Waals surface area contributed by atoms with E-state index in [1.807, 2.05) is 18.2 Å². The summed E-state index contributed by atoms with van der Waals surface area (Å²) >= 11 is 0. The van der Waals surface area contributed by atoms with Crippen molar-refractivity contribution in [1.82, 2.24) is 0 Å². The van der Waals surface area contributed by atoms with E-state index in [4.69, 9.17) is 4.42 Å². The van der Waals surface area contributed by atoms with Crippen LogP contribution in [0.4, 0.5) is 13.2 Å². The van der Waals surface area contributed by atoms with E-state index in [0.717, 1.165) is 32.1 Å². The van der Waals surface area contributed by atoms with Gasteiger partial charge >= 0.3 is 5.63 Å². The molecule has 0 N–H and O–H groups in total. The average Bonchev–Trinajstić information content (AvgIpc) is 2.84. The maximum atomic E-state index is 15.1. The van der Waals surface area contributed by atoms with E-state index in [-0.39, 0.29) is 29.4 Å². The van der Waals surface area contributed by atoms with Gasteiger partial charge in [0.05, 0.1) is 0 Å².